The predicted octanol–water partition coefficient (Wildman–Crippen LogP) is 7.86. The van der Waals surface area contributed by atoms with Crippen LogP contribution in [0.25, 0.3) is 0 Å². The van der Waals surface area contributed by atoms with Crippen molar-refractivity contribution < 1.29 is 14.3 Å². The Labute approximate surface area is 274 Å². The van der Waals surface area contributed by atoms with Crippen molar-refractivity contribution in [2.45, 2.75) is 47.3 Å². The number of nitrogens with zero attached hydrogens (tertiary/aromatic N) is 3. The summed E-state index contributed by atoms with van der Waals surface area (Å²) in [5, 5.41) is 0. The van der Waals surface area contributed by atoms with Crippen molar-refractivity contribution in [1.29, 1.82) is 0 Å². The second-order valence-corrected chi connectivity index (χ2v) is 10.2. The second kappa shape index (κ2) is 23.5. The number of hydrogen-bond donors (Lipinski definition) is 1. The topological polar surface area (TPSA) is 99.7 Å². The van der Waals surface area contributed by atoms with Crippen LogP contribution in [0.2, 0.25) is 0 Å². The molecule has 2 N–H and O–H groups in total. The minimum atomic E-state index is 0.286. The lowest BCUT2D eigenvalue weighted by atomic mass is 10.1. The molecule has 0 radical (unpaired) electrons. The van der Waals surface area contributed by atoms with E-state index in [9.17, 15) is 4.79 Å². The van der Waals surface area contributed by atoms with Crippen LogP contribution in [-0.2, 0) is 29.1 Å². The molecule has 7 heteroatoms. The van der Waals surface area contributed by atoms with Gasteiger partial charge in [-0.2, -0.15) is 0 Å². The molecule has 0 unspecified atom stereocenters. The fraction of sp³-hybridized carbons (Fsp3) is 0.231. The number of aryl methyl sites for hydroxylation is 4. The molecule has 0 saturated heterocycles. The highest BCUT2D eigenvalue weighted by molar-refractivity contribution is 5.76. The van der Waals surface area contributed by atoms with Gasteiger partial charge >= 0.3 is 0 Å². The lowest BCUT2D eigenvalue weighted by molar-refractivity contribution is 0.111. The summed E-state index contributed by atoms with van der Waals surface area (Å²) in [5.41, 5.74) is 14.1. The van der Waals surface area contributed by atoms with Crippen molar-refractivity contribution >= 4 is 12.5 Å². The quantitative estimate of drug-likeness (QED) is 0.0740. The smallest absolute Gasteiger partial charge is 0.168 e. The molecule has 5 rings (SSSR count). The highest BCUT2D eigenvalue weighted by Crippen LogP contribution is 2.05. The molecule has 2 heterocycles. The molecule has 0 atom stereocenters. The van der Waals surface area contributed by atoms with E-state index in [-0.39, 0.29) is 6.73 Å². The van der Waals surface area contributed by atoms with Gasteiger partial charge in [-0.05, 0) is 68.1 Å². The fourth-order valence-electron chi connectivity index (χ4n) is 3.61. The molecule has 0 aliphatic heterocycles. The van der Waals surface area contributed by atoms with Crippen molar-refractivity contribution in [1.82, 2.24) is 9.97 Å². The lowest BCUT2D eigenvalue weighted by Gasteiger charge is -2.01. The van der Waals surface area contributed by atoms with Crippen LogP contribution in [-0.4, -0.2) is 35.9 Å². The molecule has 0 aliphatic rings. The van der Waals surface area contributed by atoms with Gasteiger partial charge < -0.3 is 15.2 Å². The molecule has 0 saturated carbocycles. The maximum absolute atomic E-state index is 9.94. The molecule has 240 valence electrons. The van der Waals surface area contributed by atoms with E-state index in [0.717, 1.165) is 24.0 Å². The van der Waals surface area contributed by atoms with E-state index >= 15 is 0 Å². The van der Waals surface area contributed by atoms with Crippen molar-refractivity contribution in [3.63, 3.8) is 0 Å². The van der Waals surface area contributed by atoms with Gasteiger partial charge in [-0.25, -0.2) is 0 Å². The summed E-state index contributed by atoms with van der Waals surface area (Å²) in [6, 6.07) is 36.1. The highest BCUT2D eigenvalue weighted by atomic mass is 16.5. The van der Waals surface area contributed by atoms with E-state index in [1.807, 2.05) is 30.3 Å². The first-order valence-electron chi connectivity index (χ1n) is 15.2. The second-order valence-electron chi connectivity index (χ2n) is 10.2. The number of hydrogen-bond acceptors (Lipinski definition) is 7. The third kappa shape index (κ3) is 17.5. The summed E-state index contributed by atoms with van der Waals surface area (Å²) in [5.74, 6) is 0. The fourth-order valence-corrected chi connectivity index (χ4v) is 3.61. The first-order valence-corrected chi connectivity index (χ1v) is 15.2. The summed E-state index contributed by atoms with van der Waals surface area (Å²) in [6.07, 6.45) is 6.91. The Morgan fingerprint density at radius 3 is 1.48 bits per heavy atom. The third-order valence-corrected chi connectivity index (χ3v) is 6.31. The van der Waals surface area contributed by atoms with E-state index < -0.39 is 0 Å². The third-order valence-electron chi connectivity index (χ3n) is 6.31. The van der Waals surface area contributed by atoms with Gasteiger partial charge in [-0.3, -0.25) is 19.8 Å². The summed E-state index contributed by atoms with van der Waals surface area (Å²) >= 11 is 0. The summed E-state index contributed by atoms with van der Waals surface area (Å²) in [4.78, 5) is 22.0. The Bertz CT molecular complexity index is 1490. The van der Waals surface area contributed by atoms with Crippen LogP contribution in [0.15, 0.2) is 127 Å². The van der Waals surface area contributed by atoms with Crippen LogP contribution in [0.4, 0.5) is 0 Å². The monoisotopic (exact) mass is 618 g/mol. The van der Waals surface area contributed by atoms with Crippen molar-refractivity contribution in [2.24, 2.45) is 10.7 Å². The van der Waals surface area contributed by atoms with E-state index in [4.69, 9.17) is 15.2 Å². The number of aromatic nitrogens is 2. The van der Waals surface area contributed by atoms with Gasteiger partial charge in [-0.1, -0.05) is 109 Å². The zero-order valence-corrected chi connectivity index (χ0v) is 27.4. The normalized spacial score (nSPS) is 10.0. The molecule has 3 aromatic carbocycles. The summed E-state index contributed by atoms with van der Waals surface area (Å²) in [6.45, 7) is 10.2. The minimum absolute atomic E-state index is 0.286. The average molecular weight is 619 g/mol. The predicted molar refractivity (Wildman–Crippen MR) is 188 cm³/mol. The molecule has 7 nitrogen and oxygen atoms in total. The number of rotatable bonds is 10. The number of nitrogens with two attached hydrogens (primary N) is 1. The van der Waals surface area contributed by atoms with Crippen molar-refractivity contribution in [3.8, 4) is 0 Å². The summed E-state index contributed by atoms with van der Waals surface area (Å²) < 4.78 is 10.5. The molecule has 46 heavy (non-hydrogen) atoms. The maximum Gasteiger partial charge on any atom is 0.168 e. The van der Waals surface area contributed by atoms with E-state index in [1.54, 1.807) is 36.8 Å². The number of aliphatic imine (C=N–C) groups is 1. The average Bonchev–Trinajstić information content (AvgIpc) is 3.11. The van der Waals surface area contributed by atoms with Crippen LogP contribution in [0.5, 0.6) is 0 Å². The largest absolute Gasteiger partial charge is 0.362 e. The van der Waals surface area contributed by atoms with E-state index in [0.29, 0.717) is 25.6 Å². The van der Waals surface area contributed by atoms with Gasteiger partial charge in [0, 0.05) is 18.6 Å². The first kappa shape index (κ1) is 37.4. The molecule has 5 aromatic rings. The number of benzene rings is 3. The Kier molecular flexibility index (Phi) is 19.1. The van der Waals surface area contributed by atoms with Crippen molar-refractivity contribution in [2.75, 3.05) is 13.5 Å². The Balaban J connectivity index is 0.000000227. The minimum Gasteiger partial charge on any atom is -0.362 e. The van der Waals surface area contributed by atoms with E-state index in [1.165, 1.54) is 27.8 Å². The molecular formula is C39H46N4O3. The SMILES string of the molecule is CCc1ccc(C)cc1.Cc1ccc(COCN)cc1.Cc1ccc(COCN=Cc2ccccn2)cc1.O=Cc1ccccn1. The Hall–Kier alpha value is -4.82. The zero-order chi connectivity index (χ0) is 33.2. The Morgan fingerprint density at radius 2 is 1.09 bits per heavy atom. The van der Waals surface area contributed by atoms with Crippen LogP contribution >= 0.6 is 0 Å². The molecule has 0 amide bonds. The molecule has 2 aromatic heterocycles. The number of carbonyl (C=O) groups is 1. The zero-order valence-electron chi connectivity index (χ0n) is 27.4. The molecular weight excluding hydrogens is 572 g/mol. The number of carbonyl (C=O) groups excluding carboxylic acids is 1. The molecule has 0 fully saturated rings. The van der Waals surface area contributed by atoms with Gasteiger partial charge in [0.25, 0.3) is 0 Å². The number of ether oxygens (including phenoxy) is 2. The van der Waals surface area contributed by atoms with Gasteiger partial charge in [0.2, 0.25) is 0 Å². The molecule has 0 aliphatic carbocycles. The van der Waals surface area contributed by atoms with Crippen LogP contribution in [0, 0.1) is 20.8 Å². The summed E-state index contributed by atoms with van der Waals surface area (Å²) in [7, 11) is 0. The van der Waals surface area contributed by atoms with Gasteiger partial charge in [-0.15, -0.1) is 0 Å². The van der Waals surface area contributed by atoms with Gasteiger partial charge in [0.05, 0.1) is 25.6 Å². The van der Waals surface area contributed by atoms with Crippen LogP contribution in [0.1, 0.15) is 56.5 Å². The van der Waals surface area contributed by atoms with Crippen molar-refractivity contribution in [3.05, 3.63) is 166 Å². The maximum atomic E-state index is 9.94. The standard InChI is InChI=1S/C15H16N2O.C9H13NO.C9H12.C6H5NO/c1-13-5-7-14(8-6-13)11-18-12-16-10-15-4-2-3-9-17-15;1-8-2-4-9(5-3-8)6-11-7-10;1-3-9-6-4-8(2)5-7-9;8-5-6-3-1-2-4-7-6/h2-10H,11-12H2,1H3;2-5H,6-7,10H2,1H3;4-7H,3H2,1-2H3;1-5H. The lowest BCUT2D eigenvalue weighted by Crippen LogP contribution is -2.03. The number of pyridine rings is 2. The van der Waals surface area contributed by atoms with Crippen LogP contribution in [0.3, 0.4) is 0 Å². The van der Waals surface area contributed by atoms with E-state index in [2.05, 4.69) is 103 Å². The van der Waals surface area contributed by atoms with Crippen LogP contribution < -0.4 is 5.73 Å². The number of aldehydes is 1. The molecule has 0 bridgehead atoms. The Morgan fingerprint density at radius 1 is 0.630 bits per heavy atom. The first-order chi connectivity index (χ1) is 22.4. The molecule has 0 spiro atoms. The van der Waals surface area contributed by atoms with Gasteiger partial charge in [0.15, 0.2) is 6.29 Å². The highest BCUT2D eigenvalue weighted by Gasteiger charge is 1.92. The van der Waals surface area contributed by atoms with Gasteiger partial charge in [0.1, 0.15) is 12.4 Å².